The van der Waals surface area contributed by atoms with E-state index in [1.165, 1.54) is 0 Å². The molecule has 0 unspecified atom stereocenters. The van der Waals surface area contributed by atoms with Gasteiger partial charge in [0.05, 0.1) is 12.0 Å². The molecular weight excluding hydrogens is 292 g/mol. The second kappa shape index (κ2) is 5.39. The molecule has 1 amide bonds. The van der Waals surface area contributed by atoms with Crippen molar-refractivity contribution in [1.82, 2.24) is 14.5 Å². The lowest BCUT2D eigenvalue weighted by Crippen LogP contribution is -2.17. The number of aromatic nitrogens is 3. The number of carbonyl (C=O) groups is 1. The summed E-state index contributed by atoms with van der Waals surface area (Å²) in [5.74, 6) is 2.50. The van der Waals surface area contributed by atoms with Gasteiger partial charge in [0, 0.05) is 30.4 Å². The highest BCUT2D eigenvalue weighted by Gasteiger charge is 2.46. The van der Waals surface area contributed by atoms with Crippen LogP contribution in [0.1, 0.15) is 23.9 Å². The van der Waals surface area contributed by atoms with Gasteiger partial charge in [0.1, 0.15) is 11.6 Å². The molecule has 23 heavy (non-hydrogen) atoms. The molecule has 0 bridgehead atoms. The molecule has 1 aliphatic carbocycles. The predicted molar refractivity (Wildman–Crippen MR) is 84.3 cm³/mol. The van der Waals surface area contributed by atoms with E-state index >= 15 is 0 Å². The van der Waals surface area contributed by atoms with Crippen LogP contribution in [-0.2, 0) is 4.79 Å². The first-order valence-corrected chi connectivity index (χ1v) is 7.53. The Bertz CT molecular complexity index is 838. The van der Waals surface area contributed by atoms with Crippen LogP contribution in [0.5, 0.6) is 0 Å². The molecular formula is C17H16N4O2. The minimum absolute atomic E-state index is 0.00146. The van der Waals surface area contributed by atoms with E-state index in [2.05, 4.69) is 15.3 Å². The van der Waals surface area contributed by atoms with Crippen molar-refractivity contribution in [3.05, 3.63) is 60.7 Å². The standard InChI is InChI=1S/C17H16N4O2/c1-11-18-7-8-21(11)16-14(4-2-6-19-16)20-17(22)13-10-12(13)15-5-3-9-23-15/h2-9,12-13H,10H2,1H3,(H,20,22)/t12-,13+/m0/s1. The number of hydrogen-bond acceptors (Lipinski definition) is 4. The summed E-state index contributed by atoms with van der Waals surface area (Å²) in [6.45, 7) is 1.90. The SMILES string of the molecule is Cc1nccn1-c1ncccc1NC(=O)[C@@H]1C[C@@H]1c1ccco1. The third-order valence-electron chi connectivity index (χ3n) is 4.13. The molecule has 6 nitrogen and oxygen atoms in total. The zero-order chi connectivity index (χ0) is 15.8. The number of pyridine rings is 1. The Morgan fingerprint density at radius 2 is 2.22 bits per heavy atom. The summed E-state index contributed by atoms with van der Waals surface area (Å²) >= 11 is 0. The van der Waals surface area contributed by atoms with Crippen LogP contribution in [-0.4, -0.2) is 20.4 Å². The topological polar surface area (TPSA) is 73.0 Å². The fourth-order valence-electron chi connectivity index (χ4n) is 2.82. The van der Waals surface area contributed by atoms with Crippen molar-refractivity contribution in [2.24, 2.45) is 5.92 Å². The second-order valence-corrected chi connectivity index (χ2v) is 5.67. The Labute approximate surface area is 133 Å². The molecule has 3 aromatic heterocycles. The average Bonchev–Trinajstić information content (AvgIpc) is 2.96. The van der Waals surface area contributed by atoms with Gasteiger partial charge in [0.15, 0.2) is 5.82 Å². The van der Waals surface area contributed by atoms with Crippen molar-refractivity contribution >= 4 is 11.6 Å². The van der Waals surface area contributed by atoms with E-state index in [9.17, 15) is 4.79 Å². The van der Waals surface area contributed by atoms with Crippen molar-refractivity contribution in [2.45, 2.75) is 19.3 Å². The Kier molecular flexibility index (Phi) is 3.22. The lowest BCUT2D eigenvalue weighted by Gasteiger charge is -2.11. The van der Waals surface area contributed by atoms with Gasteiger partial charge in [-0.3, -0.25) is 9.36 Å². The van der Waals surface area contributed by atoms with Gasteiger partial charge >= 0.3 is 0 Å². The quantitative estimate of drug-likeness (QED) is 0.804. The van der Waals surface area contributed by atoms with Gasteiger partial charge in [-0.2, -0.15) is 0 Å². The predicted octanol–water partition coefficient (Wildman–Crippen LogP) is 2.91. The summed E-state index contributed by atoms with van der Waals surface area (Å²) < 4.78 is 7.24. The van der Waals surface area contributed by atoms with Crippen LogP contribution in [0.2, 0.25) is 0 Å². The number of aryl methyl sites for hydroxylation is 1. The van der Waals surface area contributed by atoms with E-state index in [0.29, 0.717) is 11.5 Å². The number of nitrogens with zero attached hydrogens (tertiary/aromatic N) is 3. The van der Waals surface area contributed by atoms with Crippen molar-refractivity contribution < 1.29 is 9.21 Å². The highest BCUT2D eigenvalue weighted by molar-refractivity contribution is 5.96. The minimum atomic E-state index is -0.0434. The van der Waals surface area contributed by atoms with Crippen molar-refractivity contribution in [3.8, 4) is 5.82 Å². The maximum atomic E-state index is 12.5. The van der Waals surface area contributed by atoms with Crippen LogP contribution >= 0.6 is 0 Å². The Balaban J connectivity index is 1.54. The number of nitrogens with one attached hydrogen (secondary N) is 1. The summed E-state index contributed by atoms with van der Waals surface area (Å²) in [6.07, 6.45) is 7.70. The molecule has 2 atom stereocenters. The molecule has 6 heteroatoms. The molecule has 0 aliphatic heterocycles. The summed E-state index contributed by atoms with van der Waals surface area (Å²) in [4.78, 5) is 21.1. The van der Waals surface area contributed by atoms with Gasteiger partial charge in [-0.05, 0) is 37.6 Å². The largest absolute Gasteiger partial charge is 0.469 e. The highest BCUT2D eigenvalue weighted by atomic mass is 16.3. The Morgan fingerprint density at radius 1 is 1.30 bits per heavy atom. The normalized spacial score (nSPS) is 19.5. The van der Waals surface area contributed by atoms with Crippen LogP contribution in [0.3, 0.4) is 0 Å². The van der Waals surface area contributed by atoms with Crippen LogP contribution in [0, 0.1) is 12.8 Å². The molecule has 0 spiro atoms. The zero-order valence-electron chi connectivity index (χ0n) is 12.6. The van der Waals surface area contributed by atoms with Crippen molar-refractivity contribution in [2.75, 3.05) is 5.32 Å². The summed E-state index contributed by atoms with van der Waals surface area (Å²) in [5.41, 5.74) is 0.684. The van der Waals surface area contributed by atoms with Crippen LogP contribution in [0.4, 0.5) is 5.69 Å². The summed E-state index contributed by atoms with van der Waals surface area (Å²) in [7, 11) is 0. The molecule has 0 radical (unpaired) electrons. The molecule has 1 N–H and O–H groups in total. The van der Waals surface area contributed by atoms with Gasteiger partial charge in [-0.15, -0.1) is 0 Å². The van der Waals surface area contributed by atoms with Gasteiger partial charge in [0.2, 0.25) is 5.91 Å². The fourth-order valence-corrected chi connectivity index (χ4v) is 2.82. The maximum absolute atomic E-state index is 12.5. The Hall–Kier alpha value is -2.89. The van der Waals surface area contributed by atoms with Gasteiger partial charge in [-0.25, -0.2) is 9.97 Å². The van der Waals surface area contributed by atoms with E-state index in [-0.39, 0.29) is 17.7 Å². The van der Waals surface area contributed by atoms with E-state index < -0.39 is 0 Å². The first kappa shape index (κ1) is 13.8. The minimum Gasteiger partial charge on any atom is -0.469 e. The third kappa shape index (κ3) is 2.52. The van der Waals surface area contributed by atoms with E-state index in [1.807, 2.05) is 42.0 Å². The smallest absolute Gasteiger partial charge is 0.228 e. The van der Waals surface area contributed by atoms with E-state index in [0.717, 1.165) is 18.0 Å². The number of hydrogen-bond donors (Lipinski definition) is 1. The molecule has 0 aromatic carbocycles. The van der Waals surface area contributed by atoms with E-state index in [1.54, 1.807) is 18.7 Å². The number of imidazole rings is 1. The number of furan rings is 1. The number of anilines is 1. The number of rotatable bonds is 4. The molecule has 0 saturated heterocycles. The maximum Gasteiger partial charge on any atom is 0.228 e. The molecule has 3 aromatic rings. The van der Waals surface area contributed by atoms with Crippen molar-refractivity contribution in [3.63, 3.8) is 0 Å². The third-order valence-corrected chi connectivity index (χ3v) is 4.13. The number of carbonyl (C=O) groups excluding carboxylic acids is 1. The molecule has 1 fully saturated rings. The molecule has 1 aliphatic rings. The van der Waals surface area contributed by atoms with Crippen LogP contribution in [0.25, 0.3) is 5.82 Å². The lowest BCUT2D eigenvalue weighted by molar-refractivity contribution is -0.117. The summed E-state index contributed by atoms with van der Waals surface area (Å²) in [6, 6.07) is 7.43. The fraction of sp³-hybridized carbons (Fsp3) is 0.235. The second-order valence-electron chi connectivity index (χ2n) is 5.67. The zero-order valence-corrected chi connectivity index (χ0v) is 12.6. The monoisotopic (exact) mass is 308 g/mol. The first-order valence-electron chi connectivity index (χ1n) is 7.53. The average molecular weight is 308 g/mol. The first-order chi connectivity index (χ1) is 11.2. The Morgan fingerprint density at radius 3 is 2.96 bits per heavy atom. The lowest BCUT2D eigenvalue weighted by atomic mass is 10.2. The van der Waals surface area contributed by atoms with Gasteiger partial charge < -0.3 is 9.73 Å². The van der Waals surface area contributed by atoms with Gasteiger partial charge in [0.25, 0.3) is 0 Å². The van der Waals surface area contributed by atoms with E-state index in [4.69, 9.17) is 4.42 Å². The van der Waals surface area contributed by atoms with Crippen molar-refractivity contribution in [1.29, 1.82) is 0 Å². The van der Waals surface area contributed by atoms with Crippen LogP contribution < -0.4 is 5.32 Å². The molecule has 4 rings (SSSR count). The van der Waals surface area contributed by atoms with Crippen LogP contribution in [0.15, 0.2) is 53.5 Å². The molecule has 3 heterocycles. The highest BCUT2D eigenvalue weighted by Crippen LogP contribution is 2.48. The van der Waals surface area contributed by atoms with Gasteiger partial charge in [-0.1, -0.05) is 0 Å². The molecule has 116 valence electrons. The summed E-state index contributed by atoms with van der Waals surface area (Å²) in [5, 5.41) is 2.99. The molecule has 1 saturated carbocycles. The number of amides is 1.